The number of ether oxygens (including phenoxy) is 4. The van der Waals surface area contributed by atoms with Gasteiger partial charge in [0.1, 0.15) is 13.2 Å². The molecule has 2 atom stereocenters. The monoisotopic (exact) mass is 1360 g/mol. The van der Waals surface area contributed by atoms with Crippen LogP contribution in [0.4, 0.5) is 0 Å². The smallest absolute Gasteiger partial charge is 0.361 e. The molecule has 0 bridgehead atoms. The van der Waals surface area contributed by atoms with E-state index in [1.807, 2.05) is 21.1 Å². The number of esters is 2. The number of carbonyl (C=O) groups is 3. The number of carbonyl (C=O) groups excluding carboxylic acids is 2. The van der Waals surface area contributed by atoms with Gasteiger partial charge in [-0.1, -0.05) is 423 Å². The molecule has 96 heavy (non-hydrogen) atoms. The molecule has 0 aromatic heterocycles. The van der Waals surface area contributed by atoms with Crippen LogP contribution in [0.25, 0.3) is 0 Å². The van der Waals surface area contributed by atoms with Crippen molar-refractivity contribution in [2.24, 2.45) is 0 Å². The largest absolute Gasteiger partial charge is 0.477 e. The first kappa shape index (κ1) is 93.8. The zero-order valence-corrected chi connectivity index (χ0v) is 65.3. The molecule has 0 aliphatic carbocycles. The Hall–Kier alpha value is -2.23. The number of rotatable bonds is 82. The number of carboxylic acid groups (broad SMARTS) is 1. The molecule has 0 heterocycles. The summed E-state index contributed by atoms with van der Waals surface area (Å²) in [5, 5.41) is 9.78. The number of hydrogen-bond acceptors (Lipinski definition) is 7. The Kier molecular flexibility index (Phi) is 76.7. The molecular weight excluding hydrogens is 1190 g/mol. The van der Waals surface area contributed by atoms with E-state index in [1.165, 1.54) is 385 Å². The zero-order chi connectivity index (χ0) is 69.7. The lowest BCUT2D eigenvalue weighted by molar-refractivity contribution is -0.870. The summed E-state index contributed by atoms with van der Waals surface area (Å²) in [6, 6.07) is 0. The fraction of sp³-hybridized carbons (Fsp3) is 0.920. The van der Waals surface area contributed by atoms with E-state index in [1.54, 1.807) is 0 Å². The van der Waals surface area contributed by atoms with E-state index in [4.69, 9.17) is 18.9 Å². The number of nitrogens with zero attached hydrogens (tertiary/aromatic N) is 1. The number of aliphatic carboxylic acids is 1. The van der Waals surface area contributed by atoms with Crippen molar-refractivity contribution in [2.45, 2.75) is 469 Å². The number of hydrogen-bond donors (Lipinski definition) is 1. The average Bonchev–Trinajstić information content (AvgIpc) is 2.59. The van der Waals surface area contributed by atoms with Gasteiger partial charge in [-0.25, -0.2) is 4.79 Å². The van der Waals surface area contributed by atoms with E-state index >= 15 is 0 Å². The topological polar surface area (TPSA) is 108 Å². The van der Waals surface area contributed by atoms with Gasteiger partial charge in [-0.3, -0.25) is 9.59 Å². The molecule has 9 heteroatoms. The first-order valence-electron chi connectivity index (χ1n) is 43.0. The van der Waals surface area contributed by atoms with Crippen LogP contribution in [-0.2, 0) is 33.3 Å². The van der Waals surface area contributed by atoms with Crippen molar-refractivity contribution in [1.29, 1.82) is 0 Å². The van der Waals surface area contributed by atoms with E-state index in [9.17, 15) is 19.5 Å². The van der Waals surface area contributed by atoms with Crippen LogP contribution in [0.1, 0.15) is 457 Å². The molecule has 0 aliphatic heterocycles. The van der Waals surface area contributed by atoms with E-state index in [0.717, 1.165) is 44.9 Å². The predicted molar refractivity (Wildman–Crippen MR) is 415 cm³/mol. The van der Waals surface area contributed by atoms with Crippen LogP contribution in [0.3, 0.4) is 0 Å². The van der Waals surface area contributed by atoms with E-state index < -0.39 is 18.4 Å². The molecule has 568 valence electrons. The summed E-state index contributed by atoms with van der Waals surface area (Å²) in [7, 11) is 6.01. The van der Waals surface area contributed by atoms with Crippen molar-refractivity contribution in [1.82, 2.24) is 0 Å². The average molecular weight is 1360 g/mol. The Bertz CT molecular complexity index is 1630. The van der Waals surface area contributed by atoms with Crippen LogP contribution >= 0.6 is 0 Å². The normalized spacial score (nSPS) is 12.6. The van der Waals surface area contributed by atoms with Crippen molar-refractivity contribution in [3.63, 3.8) is 0 Å². The summed E-state index contributed by atoms with van der Waals surface area (Å²) in [6.07, 6.45) is 98.0. The molecule has 0 radical (unpaired) electrons. The Balaban J connectivity index is 3.90. The van der Waals surface area contributed by atoms with Crippen molar-refractivity contribution in [2.75, 3.05) is 47.5 Å². The maximum atomic E-state index is 13.0. The van der Waals surface area contributed by atoms with Crippen molar-refractivity contribution in [3.8, 4) is 0 Å². The molecule has 0 aromatic rings. The number of carboxylic acids is 1. The van der Waals surface area contributed by atoms with E-state index in [-0.39, 0.29) is 38.2 Å². The molecule has 0 aliphatic rings. The second-order valence-corrected chi connectivity index (χ2v) is 30.9. The quantitative estimate of drug-likeness (QED) is 0.0211. The Morgan fingerprint density at radius 2 is 0.562 bits per heavy atom. The summed E-state index contributed by atoms with van der Waals surface area (Å²) in [4.78, 5) is 37.8. The van der Waals surface area contributed by atoms with Crippen LogP contribution in [0.15, 0.2) is 24.3 Å². The number of quaternary nitrogens is 1. The molecule has 9 nitrogen and oxygen atoms in total. The highest BCUT2D eigenvalue weighted by atomic mass is 16.7. The summed E-state index contributed by atoms with van der Waals surface area (Å²) in [6.45, 7) is 4.97. The highest BCUT2D eigenvalue weighted by Gasteiger charge is 2.25. The van der Waals surface area contributed by atoms with Gasteiger partial charge in [0.15, 0.2) is 6.10 Å². The molecule has 0 amide bonds. The Morgan fingerprint density at radius 1 is 0.312 bits per heavy atom. The SMILES string of the molecule is CCCCCCC/C=C\C/C=C\CCCCCCCCCCCCCCCCCCCCCCCCCCCCCCCC(=O)OC(COC(=O)CCCCCCCCCCCCCCCCCCCCCCCCCCCCCCCC)COC(OCC[N+](C)(C)C)C(=O)O. The van der Waals surface area contributed by atoms with Crippen LogP contribution in [-0.4, -0.2) is 87.4 Å². The fourth-order valence-electron chi connectivity index (χ4n) is 13.4. The lowest BCUT2D eigenvalue weighted by Crippen LogP contribution is -2.40. The minimum absolute atomic E-state index is 0.173. The number of allylic oxidation sites excluding steroid dienone is 4. The third kappa shape index (κ3) is 79.1. The molecular formula is C87H168NO8+. The maximum absolute atomic E-state index is 13.0. The number of likely N-dealkylation sites (N-methyl/N-ethyl adjacent to an activating group) is 1. The summed E-state index contributed by atoms with van der Waals surface area (Å²) in [5.41, 5.74) is 0. The minimum atomic E-state index is -1.51. The molecule has 0 saturated heterocycles. The Labute approximate surface area is 598 Å². The van der Waals surface area contributed by atoms with Gasteiger partial charge in [-0.15, -0.1) is 0 Å². The highest BCUT2D eigenvalue weighted by Crippen LogP contribution is 2.21. The number of unbranched alkanes of at least 4 members (excludes halogenated alkanes) is 63. The molecule has 0 saturated carbocycles. The van der Waals surface area contributed by atoms with Crippen molar-refractivity contribution < 1.29 is 42.9 Å². The lowest BCUT2D eigenvalue weighted by atomic mass is 10.0. The first-order chi connectivity index (χ1) is 47.1. The molecule has 0 spiro atoms. The van der Waals surface area contributed by atoms with Crippen LogP contribution in [0.2, 0.25) is 0 Å². The molecule has 0 rings (SSSR count). The highest BCUT2D eigenvalue weighted by molar-refractivity contribution is 5.71. The van der Waals surface area contributed by atoms with Crippen LogP contribution < -0.4 is 0 Å². The van der Waals surface area contributed by atoms with Crippen molar-refractivity contribution >= 4 is 17.9 Å². The van der Waals surface area contributed by atoms with Gasteiger partial charge in [-0.2, -0.15) is 0 Å². The van der Waals surface area contributed by atoms with Crippen LogP contribution in [0.5, 0.6) is 0 Å². The predicted octanol–water partition coefficient (Wildman–Crippen LogP) is 27.7. The molecule has 0 fully saturated rings. The summed E-state index contributed by atoms with van der Waals surface area (Å²) < 4.78 is 23.1. The molecule has 1 N–H and O–H groups in total. The van der Waals surface area contributed by atoms with Gasteiger partial charge in [0.2, 0.25) is 0 Å². The van der Waals surface area contributed by atoms with Gasteiger partial charge in [0.25, 0.3) is 6.29 Å². The molecule has 0 aromatic carbocycles. The van der Waals surface area contributed by atoms with Gasteiger partial charge in [-0.05, 0) is 44.9 Å². The van der Waals surface area contributed by atoms with Crippen molar-refractivity contribution in [3.05, 3.63) is 24.3 Å². The third-order valence-electron chi connectivity index (χ3n) is 20.0. The fourth-order valence-corrected chi connectivity index (χ4v) is 13.4. The summed E-state index contributed by atoms with van der Waals surface area (Å²) >= 11 is 0. The second kappa shape index (κ2) is 78.5. The zero-order valence-electron chi connectivity index (χ0n) is 65.3. The van der Waals surface area contributed by atoms with E-state index in [0.29, 0.717) is 17.4 Å². The lowest BCUT2D eigenvalue weighted by Gasteiger charge is -2.25. The first-order valence-corrected chi connectivity index (χ1v) is 43.0. The van der Waals surface area contributed by atoms with Gasteiger partial charge < -0.3 is 28.5 Å². The van der Waals surface area contributed by atoms with Crippen LogP contribution in [0, 0.1) is 0 Å². The van der Waals surface area contributed by atoms with Gasteiger partial charge in [0.05, 0.1) is 34.4 Å². The standard InChI is InChI=1S/C87H167NO8/c1-6-8-10-12-14-16-18-20-22-24-26-28-30-32-34-36-38-39-40-41-42-43-44-45-46-47-48-50-52-54-56-58-60-62-64-66-68-70-72-74-76-78-85(90)96-83(82-95-87(86(91)92)93-80-79-88(3,4)5)81-94-84(89)77-75-73-71-69-67-65-63-61-59-57-55-53-51-49-37-35-33-31-29-27-25-23-21-19-17-15-13-11-9-7-2/h18,20,24,26,83,87H,6-17,19,21-23,25,27-82H2,1-5H3/p+1/b20-18-,26-24-. The van der Waals surface area contributed by atoms with Gasteiger partial charge >= 0.3 is 17.9 Å². The van der Waals surface area contributed by atoms with Gasteiger partial charge in [0, 0.05) is 12.8 Å². The molecule has 2 unspecified atom stereocenters. The minimum Gasteiger partial charge on any atom is -0.477 e. The summed E-state index contributed by atoms with van der Waals surface area (Å²) in [5.74, 6) is -1.96. The maximum Gasteiger partial charge on any atom is 0.361 e. The van der Waals surface area contributed by atoms with E-state index in [2.05, 4.69) is 38.2 Å². The second-order valence-electron chi connectivity index (χ2n) is 30.9. The Morgan fingerprint density at radius 3 is 0.823 bits per heavy atom. The third-order valence-corrected chi connectivity index (χ3v) is 20.0.